The minimum atomic E-state index is -4.73. The van der Waals surface area contributed by atoms with Crippen LogP contribution in [0.25, 0.3) is 22.2 Å². The van der Waals surface area contributed by atoms with Gasteiger partial charge in [-0.1, -0.05) is 13.0 Å². The number of carbonyl (C=O) groups excluding carboxylic acids is 3. The van der Waals surface area contributed by atoms with Crippen molar-refractivity contribution in [3.8, 4) is 17.0 Å². The van der Waals surface area contributed by atoms with Crippen LogP contribution in [-0.4, -0.2) is 74.1 Å². The Kier molecular flexibility index (Phi) is 12.2. The van der Waals surface area contributed by atoms with Crippen molar-refractivity contribution in [1.29, 1.82) is 0 Å². The van der Waals surface area contributed by atoms with E-state index in [0.717, 1.165) is 17.2 Å². The fourth-order valence-electron chi connectivity index (χ4n) is 5.21. The van der Waals surface area contributed by atoms with Crippen LogP contribution in [0.1, 0.15) is 71.6 Å². The lowest BCUT2D eigenvalue weighted by Crippen LogP contribution is -2.35. The van der Waals surface area contributed by atoms with E-state index < -0.39 is 41.0 Å². The first-order chi connectivity index (χ1) is 24.6. The zero-order valence-corrected chi connectivity index (χ0v) is 31.4. The smallest absolute Gasteiger partial charge is 0.419 e. The van der Waals surface area contributed by atoms with Crippen LogP contribution in [0, 0.1) is 0 Å². The number of amides is 3. The molecule has 286 valence electrons. The molecule has 0 atom stereocenters. The highest BCUT2D eigenvalue weighted by molar-refractivity contribution is 5.93. The van der Waals surface area contributed by atoms with Gasteiger partial charge < -0.3 is 24.4 Å². The van der Waals surface area contributed by atoms with Crippen LogP contribution in [0.2, 0.25) is 0 Å². The summed E-state index contributed by atoms with van der Waals surface area (Å²) in [7, 11) is 3.24. The number of hydrogen-bond donors (Lipinski definition) is 2. The molecule has 13 nitrogen and oxygen atoms in total. The third-order valence-electron chi connectivity index (χ3n) is 7.51. The van der Waals surface area contributed by atoms with Crippen LogP contribution in [0.3, 0.4) is 0 Å². The maximum Gasteiger partial charge on any atom is 0.419 e. The van der Waals surface area contributed by atoms with Gasteiger partial charge in [-0.3, -0.25) is 14.8 Å². The molecule has 2 aromatic heterocycles. The molecule has 16 heteroatoms. The van der Waals surface area contributed by atoms with Gasteiger partial charge in [-0.2, -0.15) is 18.3 Å². The average Bonchev–Trinajstić information content (AvgIpc) is 3.39. The van der Waals surface area contributed by atoms with Gasteiger partial charge in [-0.05, 0) is 89.8 Å². The molecule has 0 saturated carbocycles. The van der Waals surface area contributed by atoms with Crippen molar-refractivity contribution in [2.45, 2.75) is 85.1 Å². The number of ether oxygens (including phenoxy) is 3. The minimum absolute atomic E-state index is 0.0750. The summed E-state index contributed by atoms with van der Waals surface area (Å²) in [6.07, 6.45) is -3.82. The number of nitrogens with zero attached hydrogens (tertiary/aromatic N) is 5. The predicted octanol–water partition coefficient (Wildman–Crippen LogP) is 7.78. The molecule has 2 heterocycles. The lowest BCUT2D eigenvalue weighted by Gasteiger charge is -2.24. The number of halogens is 3. The summed E-state index contributed by atoms with van der Waals surface area (Å²) in [6.45, 7) is 12.6. The van der Waals surface area contributed by atoms with E-state index in [2.05, 4.69) is 25.7 Å². The van der Waals surface area contributed by atoms with Gasteiger partial charge in [0.05, 0.1) is 29.8 Å². The lowest BCUT2D eigenvalue weighted by atomic mass is 10.0. The topological polar surface area (TPSA) is 150 Å². The molecule has 0 aliphatic heterocycles. The molecule has 0 bridgehead atoms. The summed E-state index contributed by atoms with van der Waals surface area (Å²) in [5.74, 6) is -0.623. The van der Waals surface area contributed by atoms with E-state index in [1.807, 2.05) is 19.1 Å². The maximum atomic E-state index is 14.0. The van der Waals surface area contributed by atoms with Crippen LogP contribution in [0.4, 0.5) is 34.5 Å². The number of aromatic nitrogens is 4. The van der Waals surface area contributed by atoms with Crippen LogP contribution in [0.5, 0.6) is 5.75 Å². The molecule has 0 saturated heterocycles. The summed E-state index contributed by atoms with van der Waals surface area (Å²) in [4.78, 5) is 47.5. The number of rotatable bonds is 11. The van der Waals surface area contributed by atoms with E-state index in [1.54, 1.807) is 65.5 Å². The second kappa shape index (κ2) is 16.1. The molecule has 0 spiro atoms. The zero-order valence-electron chi connectivity index (χ0n) is 31.4. The number of benzene rings is 2. The number of aryl methyl sites for hydroxylation is 2. The van der Waals surface area contributed by atoms with E-state index in [9.17, 15) is 27.6 Å². The first-order valence-electron chi connectivity index (χ1n) is 17.0. The number of fused-ring (bicyclic) bond motifs is 1. The van der Waals surface area contributed by atoms with Crippen molar-refractivity contribution in [2.75, 3.05) is 30.8 Å². The molecule has 0 radical (unpaired) electrons. The Morgan fingerprint density at radius 3 is 2.28 bits per heavy atom. The molecule has 4 rings (SSSR count). The van der Waals surface area contributed by atoms with Crippen molar-refractivity contribution in [2.24, 2.45) is 7.05 Å². The first-order valence-corrected chi connectivity index (χ1v) is 17.0. The number of nitrogens with one attached hydrogen (secondary N) is 2. The summed E-state index contributed by atoms with van der Waals surface area (Å²) in [6, 6.07) is 8.93. The molecule has 53 heavy (non-hydrogen) atoms. The molecular formula is C37H46F3N7O6. The van der Waals surface area contributed by atoms with Crippen LogP contribution in [-0.2, 0) is 40.3 Å². The monoisotopic (exact) mass is 741 g/mol. The quantitative estimate of drug-likeness (QED) is 0.147. The Morgan fingerprint density at radius 2 is 1.64 bits per heavy atom. The van der Waals surface area contributed by atoms with Crippen molar-refractivity contribution >= 4 is 40.8 Å². The molecular weight excluding hydrogens is 695 g/mol. The molecule has 0 fully saturated rings. The molecule has 0 aliphatic carbocycles. The Hall–Kier alpha value is -5.41. The van der Waals surface area contributed by atoms with Crippen molar-refractivity contribution in [3.63, 3.8) is 0 Å². The summed E-state index contributed by atoms with van der Waals surface area (Å²) >= 11 is 0. The Morgan fingerprint density at radius 1 is 0.943 bits per heavy atom. The fourth-order valence-corrected chi connectivity index (χ4v) is 5.21. The van der Waals surface area contributed by atoms with Crippen LogP contribution in [0.15, 0.2) is 42.6 Å². The zero-order chi connectivity index (χ0) is 39.3. The third kappa shape index (κ3) is 11.5. The highest BCUT2D eigenvalue weighted by Crippen LogP contribution is 2.37. The maximum absolute atomic E-state index is 14.0. The Bertz CT molecular complexity index is 1970. The second-order valence-corrected chi connectivity index (χ2v) is 14.4. The number of alkyl halides is 3. The number of carbonyl (C=O) groups is 3. The molecule has 4 aromatic rings. The minimum Gasteiger partial charge on any atom is -0.493 e. The van der Waals surface area contributed by atoms with Gasteiger partial charge in [-0.15, -0.1) is 0 Å². The van der Waals surface area contributed by atoms with E-state index in [1.165, 1.54) is 24.1 Å². The van der Waals surface area contributed by atoms with Gasteiger partial charge in [0.1, 0.15) is 17.0 Å². The summed E-state index contributed by atoms with van der Waals surface area (Å²) in [5, 5.41) is 10.3. The van der Waals surface area contributed by atoms with Gasteiger partial charge in [0.25, 0.3) is 0 Å². The highest BCUT2D eigenvalue weighted by atomic mass is 19.4. The van der Waals surface area contributed by atoms with E-state index in [0.29, 0.717) is 23.0 Å². The van der Waals surface area contributed by atoms with Crippen molar-refractivity contribution in [1.82, 2.24) is 24.6 Å². The normalized spacial score (nSPS) is 12.0. The SMILES string of the molecule is CCc1cc(-c2cc(NC(=O)Cc3ccc(OCCCN(C)C(=O)OC(C)(C)C)c(C(F)(F)F)c3)nn2C)cc2cnc(NC(=O)OC(C)(C)C)nc12. The second-order valence-electron chi connectivity index (χ2n) is 14.4. The molecule has 0 aliphatic rings. The third-order valence-corrected chi connectivity index (χ3v) is 7.51. The van der Waals surface area contributed by atoms with E-state index >= 15 is 0 Å². The van der Waals surface area contributed by atoms with Gasteiger partial charge in [0, 0.05) is 43.9 Å². The van der Waals surface area contributed by atoms with Crippen molar-refractivity contribution < 1.29 is 41.8 Å². The van der Waals surface area contributed by atoms with Crippen LogP contribution >= 0.6 is 0 Å². The van der Waals surface area contributed by atoms with Gasteiger partial charge in [-0.25, -0.2) is 19.6 Å². The Labute approximate surface area is 306 Å². The molecule has 0 unspecified atom stereocenters. The molecule has 3 amide bonds. The van der Waals surface area contributed by atoms with Gasteiger partial charge >= 0.3 is 18.4 Å². The first kappa shape index (κ1) is 40.4. The standard InChI is InChI=1S/C37H46F3N7O6/c1-10-23-18-24(19-25-21-41-32(43-31(23)25)44-33(49)52-35(2,3)4)27-20-29(45-47(27)9)42-30(48)17-22-12-13-28(26(16-22)37(38,39)40)51-15-11-14-46(8)34(50)53-36(5,6)7/h12-13,16,18-21H,10-11,14-15,17H2,1-9H3,(H,42,45,48)(H,41,43,44,49). The summed E-state index contributed by atoms with van der Waals surface area (Å²) in [5.41, 5.74) is 0.708. The van der Waals surface area contributed by atoms with E-state index in [-0.39, 0.29) is 49.1 Å². The van der Waals surface area contributed by atoms with Crippen molar-refractivity contribution in [3.05, 3.63) is 59.3 Å². The van der Waals surface area contributed by atoms with E-state index in [4.69, 9.17) is 14.2 Å². The predicted molar refractivity (Wildman–Crippen MR) is 194 cm³/mol. The highest BCUT2D eigenvalue weighted by Gasteiger charge is 2.35. The van der Waals surface area contributed by atoms with Gasteiger partial charge in [0.15, 0.2) is 5.82 Å². The summed E-state index contributed by atoms with van der Waals surface area (Å²) < 4.78 is 59.6. The number of anilines is 2. The molecule has 2 aromatic carbocycles. The molecule has 2 N–H and O–H groups in total. The van der Waals surface area contributed by atoms with Crippen LogP contribution < -0.4 is 15.4 Å². The van der Waals surface area contributed by atoms with Gasteiger partial charge in [0.2, 0.25) is 11.9 Å². The average molecular weight is 742 g/mol. The largest absolute Gasteiger partial charge is 0.493 e. The number of hydrogen-bond acceptors (Lipinski definition) is 9. The fraction of sp³-hybridized carbons (Fsp3) is 0.459. The Balaban J connectivity index is 1.42. The lowest BCUT2D eigenvalue weighted by molar-refractivity contribution is -0.139.